The second-order valence-electron chi connectivity index (χ2n) is 5.35. The van der Waals surface area contributed by atoms with E-state index in [0.29, 0.717) is 6.54 Å². The summed E-state index contributed by atoms with van der Waals surface area (Å²) < 4.78 is 0. The first-order valence-corrected chi connectivity index (χ1v) is 6.56. The van der Waals surface area contributed by atoms with Gasteiger partial charge in [0.1, 0.15) is 5.54 Å². The number of nitriles is 1. The first kappa shape index (κ1) is 14.9. The van der Waals surface area contributed by atoms with Crippen LogP contribution in [0, 0.1) is 11.3 Å². The zero-order valence-electron chi connectivity index (χ0n) is 11.3. The van der Waals surface area contributed by atoms with E-state index in [4.69, 9.17) is 0 Å². The standard InChI is InChI=1S/C13H23N3O2/c1-11(17)8-16(2)9-12(18)15-13(10-14)6-4-3-5-7-13/h11,17H,3-9H2,1-2H3,(H,15,18). The van der Waals surface area contributed by atoms with Crippen LogP contribution in [0.15, 0.2) is 0 Å². The summed E-state index contributed by atoms with van der Waals surface area (Å²) in [5.74, 6) is -0.137. The maximum absolute atomic E-state index is 11.9. The number of aliphatic hydroxyl groups excluding tert-OH is 1. The number of hydrogen-bond donors (Lipinski definition) is 2. The normalized spacial score (nSPS) is 20.2. The molecule has 2 N–H and O–H groups in total. The van der Waals surface area contributed by atoms with Gasteiger partial charge in [-0.3, -0.25) is 9.69 Å². The van der Waals surface area contributed by atoms with Gasteiger partial charge >= 0.3 is 0 Å². The second-order valence-corrected chi connectivity index (χ2v) is 5.35. The summed E-state index contributed by atoms with van der Waals surface area (Å²) in [6.07, 6.45) is 4.17. The maximum atomic E-state index is 11.9. The predicted molar refractivity (Wildman–Crippen MR) is 68.7 cm³/mol. The Morgan fingerprint density at radius 1 is 1.50 bits per heavy atom. The van der Waals surface area contributed by atoms with Crippen LogP contribution in [-0.4, -0.2) is 47.7 Å². The molecule has 0 aromatic carbocycles. The SMILES string of the molecule is CC(O)CN(C)CC(=O)NC1(C#N)CCCCC1. The molecule has 0 aromatic heterocycles. The van der Waals surface area contributed by atoms with E-state index < -0.39 is 11.6 Å². The predicted octanol–water partition coefficient (Wildman–Crippen LogP) is 0.642. The number of carbonyl (C=O) groups is 1. The van der Waals surface area contributed by atoms with Crippen LogP contribution >= 0.6 is 0 Å². The zero-order chi connectivity index (χ0) is 13.6. The molecule has 1 saturated carbocycles. The largest absolute Gasteiger partial charge is 0.392 e. The third-order valence-electron chi connectivity index (χ3n) is 3.29. The molecular weight excluding hydrogens is 230 g/mol. The maximum Gasteiger partial charge on any atom is 0.235 e. The molecule has 0 bridgehead atoms. The lowest BCUT2D eigenvalue weighted by Crippen LogP contribution is -2.51. The average molecular weight is 253 g/mol. The van der Waals surface area contributed by atoms with Crippen molar-refractivity contribution in [2.45, 2.75) is 50.7 Å². The van der Waals surface area contributed by atoms with Gasteiger partial charge in [-0.25, -0.2) is 0 Å². The van der Waals surface area contributed by atoms with Crippen molar-refractivity contribution in [3.63, 3.8) is 0 Å². The second kappa shape index (κ2) is 6.72. The first-order chi connectivity index (χ1) is 8.47. The van der Waals surface area contributed by atoms with Crippen molar-refractivity contribution in [2.24, 2.45) is 0 Å². The van der Waals surface area contributed by atoms with Gasteiger partial charge in [0.05, 0.1) is 18.7 Å². The molecular formula is C13H23N3O2. The summed E-state index contributed by atoms with van der Waals surface area (Å²) in [5.41, 5.74) is -0.666. The summed E-state index contributed by atoms with van der Waals surface area (Å²) in [5, 5.41) is 21.3. The van der Waals surface area contributed by atoms with Gasteiger partial charge in [-0.1, -0.05) is 19.3 Å². The van der Waals surface area contributed by atoms with Crippen molar-refractivity contribution < 1.29 is 9.90 Å². The lowest BCUT2D eigenvalue weighted by atomic mass is 9.83. The van der Waals surface area contributed by atoms with E-state index in [0.717, 1.165) is 32.1 Å². The molecule has 5 heteroatoms. The molecule has 1 fully saturated rings. The molecule has 0 saturated heterocycles. The number of nitrogens with zero attached hydrogens (tertiary/aromatic N) is 2. The number of amides is 1. The van der Waals surface area contributed by atoms with Crippen LogP contribution in [0.2, 0.25) is 0 Å². The number of likely N-dealkylation sites (N-methyl/N-ethyl adjacent to an activating group) is 1. The molecule has 1 amide bonds. The van der Waals surface area contributed by atoms with E-state index in [-0.39, 0.29) is 12.5 Å². The molecule has 1 unspecified atom stereocenters. The molecule has 1 aliphatic carbocycles. The number of rotatable bonds is 5. The average Bonchev–Trinajstić information content (AvgIpc) is 2.28. The Morgan fingerprint density at radius 2 is 2.11 bits per heavy atom. The molecule has 102 valence electrons. The third kappa shape index (κ3) is 4.63. The van der Waals surface area contributed by atoms with Crippen LogP contribution in [0.5, 0.6) is 0 Å². The van der Waals surface area contributed by atoms with Gasteiger partial charge < -0.3 is 10.4 Å². The molecule has 0 spiro atoms. The quantitative estimate of drug-likeness (QED) is 0.754. The highest BCUT2D eigenvalue weighted by atomic mass is 16.3. The molecule has 0 radical (unpaired) electrons. The summed E-state index contributed by atoms with van der Waals surface area (Å²) in [6, 6.07) is 2.26. The van der Waals surface area contributed by atoms with Crippen LogP contribution in [0.25, 0.3) is 0 Å². The Bertz CT molecular complexity index is 317. The Labute approximate surface area is 109 Å². The van der Waals surface area contributed by atoms with E-state index in [2.05, 4.69) is 11.4 Å². The minimum atomic E-state index is -0.666. The van der Waals surface area contributed by atoms with Crippen molar-refractivity contribution in [3.8, 4) is 6.07 Å². The van der Waals surface area contributed by atoms with Gasteiger partial charge in [0.25, 0.3) is 0 Å². The summed E-state index contributed by atoms with van der Waals surface area (Å²) in [6.45, 7) is 2.35. The fraction of sp³-hybridized carbons (Fsp3) is 0.846. The number of hydrogen-bond acceptors (Lipinski definition) is 4. The van der Waals surface area contributed by atoms with E-state index >= 15 is 0 Å². The zero-order valence-corrected chi connectivity index (χ0v) is 11.3. The molecule has 5 nitrogen and oxygen atoms in total. The van der Waals surface area contributed by atoms with Gasteiger partial charge in [-0.2, -0.15) is 5.26 Å². The molecule has 1 atom stereocenters. The molecule has 0 aromatic rings. The van der Waals surface area contributed by atoms with Gasteiger partial charge in [-0.05, 0) is 26.8 Å². The smallest absolute Gasteiger partial charge is 0.235 e. The fourth-order valence-corrected chi connectivity index (χ4v) is 2.49. The van der Waals surface area contributed by atoms with Crippen LogP contribution in [-0.2, 0) is 4.79 Å². The van der Waals surface area contributed by atoms with Gasteiger partial charge in [-0.15, -0.1) is 0 Å². The van der Waals surface area contributed by atoms with Crippen LogP contribution in [0.3, 0.4) is 0 Å². The summed E-state index contributed by atoms with van der Waals surface area (Å²) in [4.78, 5) is 13.6. The molecule has 1 aliphatic rings. The number of carbonyl (C=O) groups excluding carboxylic acids is 1. The van der Waals surface area contributed by atoms with Crippen molar-refractivity contribution in [3.05, 3.63) is 0 Å². The molecule has 1 rings (SSSR count). The fourth-order valence-electron chi connectivity index (χ4n) is 2.49. The van der Waals surface area contributed by atoms with E-state index in [1.807, 2.05) is 0 Å². The number of aliphatic hydroxyl groups is 1. The highest BCUT2D eigenvalue weighted by molar-refractivity contribution is 5.79. The minimum Gasteiger partial charge on any atom is -0.392 e. The van der Waals surface area contributed by atoms with E-state index in [9.17, 15) is 15.2 Å². The Morgan fingerprint density at radius 3 is 2.61 bits per heavy atom. The first-order valence-electron chi connectivity index (χ1n) is 6.56. The van der Waals surface area contributed by atoms with Crippen LogP contribution in [0.4, 0.5) is 0 Å². The van der Waals surface area contributed by atoms with E-state index in [1.54, 1.807) is 18.9 Å². The van der Waals surface area contributed by atoms with Gasteiger partial charge in [0.2, 0.25) is 5.91 Å². The molecule has 18 heavy (non-hydrogen) atoms. The molecule has 0 heterocycles. The highest BCUT2D eigenvalue weighted by Crippen LogP contribution is 2.27. The Balaban J connectivity index is 2.45. The minimum absolute atomic E-state index is 0.137. The topological polar surface area (TPSA) is 76.4 Å². The van der Waals surface area contributed by atoms with Gasteiger partial charge in [0, 0.05) is 6.54 Å². The lowest BCUT2D eigenvalue weighted by Gasteiger charge is -2.32. The van der Waals surface area contributed by atoms with Gasteiger partial charge in [0.15, 0.2) is 0 Å². The Hall–Kier alpha value is -1.12. The third-order valence-corrected chi connectivity index (χ3v) is 3.29. The van der Waals surface area contributed by atoms with Crippen LogP contribution in [0.1, 0.15) is 39.0 Å². The monoisotopic (exact) mass is 253 g/mol. The highest BCUT2D eigenvalue weighted by Gasteiger charge is 2.33. The van der Waals surface area contributed by atoms with E-state index in [1.165, 1.54) is 0 Å². The van der Waals surface area contributed by atoms with Crippen molar-refractivity contribution in [1.29, 1.82) is 5.26 Å². The Kier molecular flexibility index (Phi) is 5.57. The summed E-state index contributed by atoms with van der Waals surface area (Å²) >= 11 is 0. The summed E-state index contributed by atoms with van der Waals surface area (Å²) in [7, 11) is 1.78. The molecule has 0 aliphatic heterocycles. The number of nitrogens with one attached hydrogen (secondary N) is 1. The van der Waals surface area contributed by atoms with Crippen LogP contribution < -0.4 is 5.32 Å². The van der Waals surface area contributed by atoms with Crippen molar-refractivity contribution in [1.82, 2.24) is 10.2 Å². The van der Waals surface area contributed by atoms with Crippen molar-refractivity contribution in [2.75, 3.05) is 20.1 Å². The van der Waals surface area contributed by atoms with Crippen molar-refractivity contribution >= 4 is 5.91 Å². The lowest BCUT2D eigenvalue weighted by molar-refractivity contribution is -0.123.